The first-order valence-corrected chi connectivity index (χ1v) is 7.81. The van der Waals surface area contributed by atoms with Crippen LogP contribution in [-0.4, -0.2) is 45.0 Å². The fourth-order valence-corrected chi connectivity index (χ4v) is 2.62. The molecular formula is C14H14N4O4S. The molecule has 0 saturated carbocycles. The quantitative estimate of drug-likeness (QED) is 0.808. The van der Waals surface area contributed by atoms with E-state index in [0.29, 0.717) is 16.7 Å². The lowest BCUT2D eigenvalue weighted by Crippen LogP contribution is -2.46. The molecule has 1 aromatic carbocycles. The Morgan fingerprint density at radius 2 is 2.17 bits per heavy atom. The van der Waals surface area contributed by atoms with Crippen molar-refractivity contribution in [3.8, 4) is 11.5 Å². The number of aromatic nitrogens is 3. The molecule has 1 aromatic heterocycles. The van der Waals surface area contributed by atoms with Gasteiger partial charge >= 0.3 is 0 Å². The molecule has 0 fully saturated rings. The van der Waals surface area contributed by atoms with Crippen molar-refractivity contribution in [2.45, 2.75) is 11.3 Å². The Bertz CT molecular complexity index is 733. The van der Waals surface area contributed by atoms with Gasteiger partial charge < -0.3 is 14.0 Å². The average Bonchev–Trinajstić information content (AvgIpc) is 2.97. The van der Waals surface area contributed by atoms with Gasteiger partial charge in [-0.3, -0.25) is 14.9 Å². The van der Waals surface area contributed by atoms with Crippen molar-refractivity contribution >= 4 is 23.6 Å². The number of rotatable bonds is 4. The van der Waals surface area contributed by atoms with Gasteiger partial charge in [0.05, 0.1) is 5.75 Å². The van der Waals surface area contributed by atoms with Crippen LogP contribution in [-0.2, 0) is 16.6 Å². The van der Waals surface area contributed by atoms with Crippen LogP contribution in [0.2, 0.25) is 0 Å². The highest BCUT2D eigenvalue weighted by atomic mass is 32.2. The van der Waals surface area contributed by atoms with E-state index in [9.17, 15) is 9.59 Å². The Balaban J connectivity index is 1.51. The van der Waals surface area contributed by atoms with Crippen molar-refractivity contribution in [1.82, 2.24) is 20.1 Å². The summed E-state index contributed by atoms with van der Waals surface area (Å²) in [7, 11) is 1.77. The second kappa shape index (κ2) is 6.69. The third-order valence-corrected chi connectivity index (χ3v) is 4.10. The maximum Gasteiger partial charge on any atom is 0.271 e. The second-order valence-corrected chi connectivity index (χ2v) is 5.73. The lowest BCUT2D eigenvalue weighted by atomic mass is 10.2. The summed E-state index contributed by atoms with van der Waals surface area (Å²) in [6.45, 7) is 0.0621. The lowest BCUT2D eigenvalue weighted by molar-refractivity contribution is -0.135. The van der Waals surface area contributed by atoms with Gasteiger partial charge in [0.1, 0.15) is 12.9 Å². The van der Waals surface area contributed by atoms with E-state index >= 15 is 0 Å². The maximum absolute atomic E-state index is 12.1. The molecule has 120 valence electrons. The first-order valence-electron chi connectivity index (χ1n) is 6.82. The number of thioether (sulfide) groups is 1. The van der Waals surface area contributed by atoms with Gasteiger partial charge in [0.25, 0.3) is 5.91 Å². The molecule has 23 heavy (non-hydrogen) atoms. The SMILES string of the molecule is Cn1cnnc1SCC(=O)NC(=O)C1COc2ccccc2O1. The predicted molar refractivity (Wildman–Crippen MR) is 81.2 cm³/mol. The molecule has 8 nitrogen and oxygen atoms in total. The first-order chi connectivity index (χ1) is 11.1. The number of aryl methyl sites for hydroxylation is 1. The molecule has 0 spiro atoms. The Hall–Kier alpha value is -2.55. The highest BCUT2D eigenvalue weighted by Gasteiger charge is 2.28. The van der Waals surface area contributed by atoms with Crippen LogP contribution in [0, 0.1) is 0 Å². The first kappa shape index (κ1) is 15.3. The molecule has 1 N–H and O–H groups in total. The number of carbonyl (C=O) groups is 2. The maximum atomic E-state index is 12.1. The highest BCUT2D eigenvalue weighted by molar-refractivity contribution is 7.99. The standard InChI is InChI=1S/C14H14N4O4S/c1-18-8-15-17-14(18)23-7-12(19)16-13(20)11-6-21-9-4-2-3-5-10(9)22-11/h2-5,8,11H,6-7H2,1H3,(H,16,19,20). The molecule has 0 radical (unpaired) electrons. The number of imide groups is 1. The Morgan fingerprint density at radius 3 is 2.91 bits per heavy atom. The monoisotopic (exact) mass is 334 g/mol. The van der Waals surface area contributed by atoms with Gasteiger partial charge in [-0.2, -0.15) is 0 Å². The number of nitrogens with one attached hydrogen (secondary N) is 1. The minimum Gasteiger partial charge on any atom is -0.485 e. The van der Waals surface area contributed by atoms with Crippen LogP contribution in [0.1, 0.15) is 0 Å². The number of fused-ring (bicyclic) bond motifs is 1. The van der Waals surface area contributed by atoms with Crippen molar-refractivity contribution < 1.29 is 19.1 Å². The third-order valence-electron chi connectivity index (χ3n) is 3.07. The Morgan fingerprint density at radius 1 is 1.39 bits per heavy atom. The molecule has 1 aliphatic rings. The van der Waals surface area contributed by atoms with Crippen molar-refractivity contribution in [2.75, 3.05) is 12.4 Å². The van der Waals surface area contributed by atoms with E-state index in [0.717, 1.165) is 0 Å². The molecule has 2 heterocycles. The summed E-state index contributed by atoms with van der Waals surface area (Å²) in [6.07, 6.45) is 0.685. The number of amides is 2. The number of ether oxygens (including phenoxy) is 2. The number of para-hydroxylation sites is 2. The van der Waals surface area contributed by atoms with Gasteiger partial charge in [0, 0.05) is 7.05 Å². The highest BCUT2D eigenvalue weighted by Crippen LogP contribution is 2.30. The number of carbonyl (C=O) groups excluding carboxylic acids is 2. The zero-order valence-corrected chi connectivity index (χ0v) is 13.1. The molecule has 1 aliphatic heterocycles. The zero-order valence-electron chi connectivity index (χ0n) is 12.3. The topological polar surface area (TPSA) is 95.3 Å². The molecule has 0 saturated heterocycles. The van der Waals surface area contributed by atoms with Crippen molar-refractivity contribution in [3.63, 3.8) is 0 Å². The van der Waals surface area contributed by atoms with Gasteiger partial charge in [0.15, 0.2) is 16.7 Å². The van der Waals surface area contributed by atoms with E-state index in [-0.39, 0.29) is 12.4 Å². The predicted octanol–water partition coefficient (Wildman–Crippen LogP) is 0.390. The molecular weight excluding hydrogens is 320 g/mol. The van der Waals surface area contributed by atoms with Gasteiger partial charge in [0.2, 0.25) is 12.0 Å². The van der Waals surface area contributed by atoms with Gasteiger partial charge in [-0.1, -0.05) is 23.9 Å². The van der Waals surface area contributed by atoms with Crippen molar-refractivity contribution in [2.24, 2.45) is 7.05 Å². The summed E-state index contributed by atoms with van der Waals surface area (Å²) < 4.78 is 12.7. The van der Waals surface area contributed by atoms with E-state index in [1.807, 2.05) is 6.07 Å². The van der Waals surface area contributed by atoms with Crippen LogP contribution in [0.15, 0.2) is 35.7 Å². The van der Waals surface area contributed by atoms with E-state index in [4.69, 9.17) is 9.47 Å². The summed E-state index contributed by atoms with van der Waals surface area (Å²) in [6, 6.07) is 7.06. The number of hydrogen-bond acceptors (Lipinski definition) is 7. The van der Waals surface area contributed by atoms with Crippen LogP contribution in [0.3, 0.4) is 0 Å². The zero-order chi connectivity index (χ0) is 16.2. The van der Waals surface area contributed by atoms with Crippen molar-refractivity contribution in [3.05, 3.63) is 30.6 Å². The molecule has 1 atom stereocenters. The Kier molecular flexibility index (Phi) is 4.47. The second-order valence-electron chi connectivity index (χ2n) is 4.79. The molecule has 2 amide bonds. The summed E-state index contributed by atoms with van der Waals surface area (Å²) in [5.74, 6) is 0.177. The van der Waals surface area contributed by atoms with Crippen LogP contribution in [0.5, 0.6) is 11.5 Å². The van der Waals surface area contributed by atoms with E-state index in [1.54, 1.807) is 29.8 Å². The number of nitrogens with zero attached hydrogens (tertiary/aromatic N) is 3. The summed E-state index contributed by atoms with van der Waals surface area (Å²) >= 11 is 1.19. The van der Waals surface area contributed by atoms with Crippen LogP contribution in [0.25, 0.3) is 0 Å². The van der Waals surface area contributed by atoms with Crippen molar-refractivity contribution in [1.29, 1.82) is 0 Å². The average molecular weight is 334 g/mol. The fourth-order valence-electron chi connectivity index (χ4n) is 1.94. The lowest BCUT2D eigenvalue weighted by Gasteiger charge is -2.25. The van der Waals surface area contributed by atoms with Gasteiger partial charge in [-0.05, 0) is 12.1 Å². The van der Waals surface area contributed by atoms with Crippen LogP contribution >= 0.6 is 11.8 Å². The number of hydrogen-bond donors (Lipinski definition) is 1. The normalized spacial score (nSPS) is 16.0. The van der Waals surface area contributed by atoms with Crippen LogP contribution in [0.4, 0.5) is 0 Å². The Labute approximate surface area is 136 Å². The van der Waals surface area contributed by atoms with E-state index in [2.05, 4.69) is 15.5 Å². The van der Waals surface area contributed by atoms with Gasteiger partial charge in [-0.25, -0.2) is 0 Å². The summed E-state index contributed by atoms with van der Waals surface area (Å²) in [4.78, 5) is 23.9. The van der Waals surface area contributed by atoms with E-state index < -0.39 is 17.9 Å². The molecule has 0 aliphatic carbocycles. The number of benzene rings is 1. The minimum atomic E-state index is -0.853. The summed E-state index contributed by atoms with van der Waals surface area (Å²) in [5.41, 5.74) is 0. The summed E-state index contributed by atoms with van der Waals surface area (Å²) in [5, 5.41) is 10.5. The van der Waals surface area contributed by atoms with E-state index in [1.165, 1.54) is 18.1 Å². The molecule has 2 aromatic rings. The fraction of sp³-hybridized carbons (Fsp3) is 0.286. The largest absolute Gasteiger partial charge is 0.485 e. The third kappa shape index (κ3) is 3.62. The molecule has 0 bridgehead atoms. The van der Waals surface area contributed by atoms with Crippen LogP contribution < -0.4 is 14.8 Å². The van der Waals surface area contributed by atoms with Gasteiger partial charge in [-0.15, -0.1) is 10.2 Å². The molecule has 1 unspecified atom stereocenters. The molecule has 3 rings (SSSR count). The minimum absolute atomic E-state index is 0.0580. The molecule has 9 heteroatoms. The smallest absolute Gasteiger partial charge is 0.271 e.